The highest BCUT2D eigenvalue weighted by atomic mass is 32.2. The number of anilines is 2. The third-order valence-corrected chi connectivity index (χ3v) is 3.51. The molecule has 1 aliphatic heterocycles. The maximum absolute atomic E-state index is 11.1. The summed E-state index contributed by atoms with van der Waals surface area (Å²) in [5.41, 5.74) is 6.28. The first-order valence-electron chi connectivity index (χ1n) is 4.45. The van der Waals surface area contributed by atoms with E-state index in [1.807, 2.05) is 0 Å². The van der Waals surface area contributed by atoms with Crippen molar-refractivity contribution in [1.82, 2.24) is 4.98 Å². The highest BCUT2D eigenvalue weighted by Crippen LogP contribution is 2.18. The summed E-state index contributed by atoms with van der Waals surface area (Å²) in [6.07, 6.45) is 3.20. The summed E-state index contributed by atoms with van der Waals surface area (Å²) in [5.74, 6) is 0.441. The first-order chi connectivity index (χ1) is 7.07. The van der Waals surface area contributed by atoms with Gasteiger partial charge < -0.3 is 11.1 Å². The number of sulfone groups is 1. The van der Waals surface area contributed by atoms with E-state index in [1.165, 1.54) is 5.41 Å². The highest BCUT2D eigenvalue weighted by molar-refractivity contribution is 7.94. The molecule has 0 amide bonds. The number of nitrogens with zero attached hydrogens (tertiary/aromatic N) is 1. The van der Waals surface area contributed by atoms with Crippen molar-refractivity contribution in [3.8, 4) is 0 Å². The molecule has 6 heteroatoms. The Labute approximate surface area is 87.9 Å². The van der Waals surface area contributed by atoms with Gasteiger partial charge in [-0.1, -0.05) is 6.08 Å². The van der Waals surface area contributed by atoms with Crippen LogP contribution in [0.15, 0.2) is 29.8 Å². The quantitative estimate of drug-likeness (QED) is 0.760. The van der Waals surface area contributed by atoms with E-state index in [-0.39, 0.29) is 11.8 Å². The topological polar surface area (TPSA) is 85.1 Å². The van der Waals surface area contributed by atoms with Gasteiger partial charge in [0.15, 0.2) is 9.84 Å². The summed E-state index contributed by atoms with van der Waals surface area (Å²) < 4.78 is 22.3. The molecule has 1 unspecified atom stereocenters. The van der Waals surface area contributed by atoms with Gasteiger partial charge in [-0.3, -0.25) is 0 Å². The van der Waals surface area contributed by atoms with Gasteiger partial charge in [0.25, 0.3) is 0 Å². The smallest absolute Gasteiger partial charge is 0.173 e. The number of nitrogens with one attached hydrogen (secondary N) is 1. The zero-order valence-corrected chi connectivity index (χ0v) is 8.74. The number of nitrogen functional groups attached to an aromatic ring is 1. The minimum atomic E-state index is -3.03. The van der Waals surface area contributed by atoms with Crippen LogP contribution in [0.25, 0.3) is 0 Å². The monoisotopic (exact) mass is 225 g/mol. The van der Waals surface area contributed by atoms with E-state index < -0.39 is 9.84 Å². The maximum atomic E-state index is 11.1. The molecular weight excluding hydrogens is 214 g/mol. The molecule has 5 nitrogen and oxygen atoms in total. The number of hydrogen-bond donors (Lipinski definition) is 2. The average molecular weight is 225 g/mol. The van der Waals surface area contributed by atoms with Gasteiger partial charge in [-0.15, -0.1) is 0 Å². The van der Waals surface area contributed by atoms with Crippen LogP contribution in [0.4, 0.5) is 11.5 Å². The molecule has 80 valence electrons. The summed E-state index contributed by atoms with van der Waals surface area (Å²) in [7, 11) is -3.03. The van der Waals surface area contributed by atoms with Crippen molar-refractivity contribution in [1.29, 1.82) is 0 Å². The summed E-state index contributed by atoms with van der Waals surface area (Å²) in [4.78, 5) is 3.90. The summed E-state index contributed by atoms with van der Waals surface area (Å²) >= 11 is 0. The lowest BCUT2D eigenvalue weighted by Crippen LogP contribution is -2.21. The van der Waals surface area contributed by atoms with Crippen LogP contribution in [0.1, 0.15) is 0 Å². The van der Waals surface area contributed by atoms with Gasteiger partial charge in [-0.05, 0) is 12.1 Å². The molecule has 0 saturated heterocycles. The molecule has 0 bridgehead atoms. The van der Waals surface area contributed by atoms with Crippen LogP contribution < -0.4 is 11.1 Å². The Morgan fingerprint density at radius 1 is 1.53 bits per heavy atom. The normalized spacial score (nSPS) is 22.8. The first kappa shape index (κ1) is 9.97. The summed E-state index contributed by atoms with van der Waals surface area (Å²) in [6.45, 7) is 0. The predicted octanol–water partition coefficient (Wildman–Crippen LogP) is 0.386. The molecule has 0 radical (unpaired) electrons. The van der Waals surface area contributed by atoms with Crippen LogP contribution in [-0.4, -0.2) is 25.2 Å². The van der Waals surface area contributed by atoms with Crippen LogP contribution in [0.2, 0.25) is 0 Å². The average Bonchev–Trinajstić information content (AvgIpc) is 2.50. The number of nitrogens with two attached hydrogens (primary N) is 1. The van der Waals surface area contributed by atoms with E-state index in [0.717, 1.165) is 0 Å². The minimum absolute atomic E-state index is 0.0708. The van der Waals surface area contributed by atoms with E-state index in [0.29, 0.717) is 11.5 Å². The molecule has 1 aromatic rings. The van der Waals surface area contributed by atoms with Crippen LogP contribution in [0.5, 0.6) is 0 Å². The lowest BCUT2D eigenvalue weighted by atomic mass is 10.3. The van der Waals surface area contributed by atoms with Crippen LogP contribution in [0, 0.1) is 0 Å². The van der Waals surface area contributed by atoms with E-state index in [1.54, 1.807) is 24.4 Å². The lowest BCUT2D eigenvalue weighted by molar-refractivity contribution is 0.605. The molecule has 15 heavy (non-hydrogen) atoms. The zero-order chi connectivity index (χ0) is 10.9. The fourth-order valence-corrected chi connectivity index (χ4v) is 2.64. The summed E-state index contributed by atoms with van der Waals surface area (Å²) in [5, 5.41) is 4.23. The van der Waals surface area contributed by atoms with Gasteiger partial charge in [0.1, 0.15) is 5.82 Å². The van der Waals surface area contributed by atoms with E-state index in [4.69, 9.17) is 5.73 Å². The third kappa shape index (κ3) is 2.27. The van der Waals surface area contributed by atoms with E-state index in [2.05, 4.69) is 10.3 Å². The van der Waals surface area contributed by atoms with Crippen molar-refractivity contribution < 1.29 is 8.42 Å². The van der Waals surface area contributed by atoms with Crippen molar-refractivity contribution in [3.05, 3.63) is 29.8 Å². The Morgan fingerprint density at radius 2 is 2.33 bits per heavy atom. The van der Waals surface area contributed by atoms with E-state index >= 15 is 0 Å². The van der Waals surface area contributed by atoms with Crippen molar-refractivity contribution in [2.45, 2.75) is 6.04 Å². The molecule has 3 N–H and O–H groups in total. The molecule has 2 rings (SSSR count). The predicted molar refractivity (Wildman–Crippen MR) is 59.0 cm³/mol. The fourth-order valence-electron chi connectivity index (χ4n) is 1.41. The second-order valence-electron chi connectivity index (χ2n) is 3.35. The third-order valence-electron chi connectivity index (χ3n) is 2.11. The standard InChI is InChI=1S/C9H11N3O2S/c10-9-8(2-1-4-11-9)12-7-3-5-15(13,14)6-7/h1-5,7,12H,6H2,(H2,10,11). The van der Waals surface area contributed by atoms with Crippen LogP contribution in [-0.2, 0) is 9.84 Å². The number of aromatic nitrogens is 1. The molecule has 0 aromatic carbocycles. The van der Waals surface area contributed by atoms with Gasteiger partial charge in [0, 0.05) is 11.6 Å². The second kappa shape index (κ2) is 3.54. The molecular formula is C9H11N3O2S. The molecule has 1 aromatic heterocycles. The van der Waals surface area contributed by atoms with Crippen LogP contribution in [0.3, 0.4) is 0 Å². The second-order valence-corrected chi connectivity index (χ2v) is 5.28. The number of hydrogen-bond acceptors (Lipinski definition) is 5. The van der Waals surface area contributed by atoms with Crippen molar-refractivity contribution >= 4 is 21.3 Å². The van der Waals surface area contributed by atoms with Gasteiger partial charge >= 0.3 is 0 Å². The van der Waals surface area contributed by atoms with Crippen LogP contribution >= 0.6 is 0 Å². The largest absolute Gasteiger partial charge is 0.382 e. The number of pyridine rings is 1. The zero-order valence-electron chi connectivity index (χ0n) is 7.92. The molecule has 0 aliphatic carbocycles. The Hall–Kier alpha value is -1.56. The Kier molecular flexibility index (Phi) is 2.36. The molecule has 1 atom stereocenters. The molecule has 2 heterocycles. The van der Waals surface area contributed by atoms with Crippen molar-refractivity contribution in [3.63, 3.8) is 0 Å². The number of rotatable bonds is 2. The SMILES string of the molecule is Nc1ncccc1NC1C=CS(=O)(=O)C1. The van der Waals surface area contributed by atoms with Gasteiger partial charge in [-0.2, -0.15) is 0 Å². The minimum Gasteiger partial charge on any atom is -0.382 e. The highest BCUT2D eigenvalue weighted by Gasteiger charge is 2.21. The Morgan fingerprint density at radius 3 is 2.93 bits per heavy atom. The van der Waals surface area contributed by atoms with E-state index in [9.17, 15) is 8.42 Å². The van der Waals surface area contributed by atoms with Crippen molar-refractivity contribution in [2.75, 3.05) is 16.8 Å². The molecule has 1 aliphatic rings. The Bertz CT molecular complexity index is 496. The lowest BCUT2D eigenvalue weighted by Gasteiger charge is -2.12. The maximum Gasteiger partial charge on any atom is 0.173 e. The van der Waals surface area contributed by atoms with Gasteiger partial charge in [-0.25, -0.2) is 13.4 Å². The fraction of sp³-hybridized carbons (Fsp3) is 0.222. The van der Waals surface area contributed by atoms with Crippen molar-refractivity contribution in [2.24, 2.45) is 0 Å². The van der Waals surface area contributed by atoms with Gasteiger partial charge in [0.2, 0.25) is 0 Å². The summed E-state index contributed by atoms with van der Waals surface area (Å²) in [6, 6.07) is 3.29. The first-order valence-corrected chi connectivity index (χ1v) is 6.16. The molecule has 0 spiro atoms. The Balaban J connectivity index is 2.12. The molecule has 0 fully saturated rings. The van der Waals surface area contributed by atoms with Gasteiger partial charge in [0.05, 0.1) is 17.5 Å². The molecule has 0 saturated carbocycles.